The average molecular weight is 458 g/mol. The molecular formula is C22H17F3N4O4. The minimum absolute atomic E-state index is 0.198. The number of nitrogens with one attached hydrogen (secondary N) is 2. The zero-order chi connectivity index (χ0) is 24.2. The number of aromatic nitrogens is 2. The molecule has 3 aromatic rings. The lowest BCUT2D eigenvalue weighted by atomic mass is 10.0. The van der Waals surface area contributed by atoms with Crippen molar-refractivity contribution in [1.29, 1.82) is 0 Å². The van der Waals surface area contributed by atoms with E-state index in [-0.39, 0.29) is 16.8 Å². The van der Waals surface area contributed by atoms with E-state index >= 15 is 0 Å². The van der Waals surface area contributed by atoms with Crippen LogP contribution in [0, 0.1) is 6.92 Å². The zero-order valence-corrected chi connectivity index (χ0v) is 17.1. The molecule has 11 heteroatoms. The first-order valence-corrected chi connectivity index (χ1v) is 9.45. The molecule has 1 aromatic heterocycles. The van der Waals surface area contributed by atoms with Gasteiger partial charge in [-0.3, -0.25) is 14.9 Å². The van der Waals surface area contributed by atoms with Crippen LogP contribution in [0.25, 0.3) is 11.1 Å². The van der Waals surface area contributed by atoms with Gasteiger partial charge in [-0.15, -0.1) is 0 Å². The van der Waals surface area contributed by atoms with Crippen molar-refractivity contribution in [2.75, 3.05) is 10.6 Å². The second-order valence-corrected chi connectivity index (χ2v) is 7.00. The number of Topliss-reactive ketones (excluding diaryl/α,β-unsaturated/α-hetero) is 1. The van der Waals surface area contributed by atoms with Crippen molar-refractivity contribution in [3.63, 3.8) is 0 Å². The van der Waals surface area contributed by atoms with Gasteiger partial charge >= 0.3 is 12.3 Å². The smallest absolute Gasteiger partial charge is 0.416 e. The van der Waals surface area contributed by atoms with Crippen LogP contribution in [0.15, 0.2) is 55.1 Å². The number of halogens is 3. The second kappa shape index (κ2) is 9.47. The summed E-state index contributed by atoms with van der Waals surface area (Å²) in [5.41, 5.74) is -0.378. The first-order valence-electron chi connectivity index (χ1n) is 9.45. The van der Waals surface area contributed by atoms with Crippen LogP contribution >= 0.6 is 0 Å². The van der Waals surface area contributed by atoms with Gasteiger partial charge < -0.3 is 10.4 Å². The van der Waals surface area contributed by atoms with Crippen LogP contribution in [-0.4, -0.2) is 32.9 Å². The number of hydrogen-bond acceptors (Lipinski definition) is 5. The Bertz CT molecular complexity index is 1210. The number of rotatable bonds is 6. The minimum atomic E-state index is -4.72. The SMILES string of the molecule is Cc1cc(NC(=O)CC(=O)c2cccc(-c3cncnc3)c2)c(NC(=O)O)cc1C(F)(F)F. The summed E-state index contributed by atoms with van der Waals surface area (Å²) in [6.07, 6.45) is -2.45. The number of hydrogen-bond donors (Lipinski definition) is 3. The van der Waals surface area contributed by atoms with Crippen molar-refractivity contribution < 1.29 is 32.7 Å². The molecule has 2 amide bonds. The Balaban J connectivity index is 1.80. The highest BCUT2D eigenvalue weighted by Gasteiger charge is 2.33. The van der Waals surface area contributed by atoms with Crippen LogP contribution in [0.3, 0.4) is 0 Å². The van der Waals surface area contributed by atoms with Crippen LogP contribution in [0.2, 0.25) is 0 Å². The molecule has 1 heterocycles. The lowest BCUT2D eigenvalue weighted by Crippen LogP contribution is -2.19. The first kappa shape index (κ1) is 23.4. The lowest BCUT2D eigenvalue weighted by molar-refractivity contribution is -0.138. The molecule has 8 nitrogen and oxygen atoms in total. The third-order valence-corrected chi connectivity index (χ3v) is 4.59. The molecule has 0 saturated carbocycles. The number of nitrogens with zero attached hydrogens (tertiary/aromatic N) is 2. The van der Waals surface area contributed by atoms with E-state index in [1.807, 2.05) is 5.32 Å². The highest BCUT2D eigenvalue weighted by Crippen LogP contribution is 2.37. The van der Waals surface area contributed by atoms with E-state index in [1.165, 1.54) is 19.3 Å². The standard InChI is InChI=1S/C22H17F3N4O4/c1-12-5-17(18(29-21(32)33)7-16(12)22(23,24)25)28-20(31)8-19(30)14-4-2-3-13(6-14)15-9-26-11-27-10-15/h2-7,9-11,29H,8H2,1H3,(H,28,31)(H,32,33). The average Bonchev–Trinajstić information content (AvgIpc) is 2.75. The summed E-state index contributed by atoms with van der Waals surface area (Å²) >= 11 is 0. The number of anilines is 2. The van der Waals surface area contributed by atoms with Gasteiger partial charge in [0.05, 0.1) is 23.4 Å². The molecule has 170 valence electrons. The van der Waals surface area contributed by atoms with Crippen LogP contribution in [0.1, 0.15) is 27.9 Å². The predicted molar refractivity (Wildman–Crippen MR) is 113 cm³/mol. The summed E-state index contributed by atoms with van der Waals surface area (Å²) in [5, 5.41) is 13.1. The van der Waals surface area contributed by atoms with Crippen LogP contribution < -0.4 is 10.6 Å². The number of carbonyl (C=O) groups is 3. The van der Waals surface area contributed by atoms with Crippen LogP contribution in [-0.2, 0) is 11.0 Å². The number of aryl methyl sites for hydroxylation is 1. The Morgan fingerprint density at radius 3 is 2.27 bits per heavy atom. The number of carboxylic acid groups (broad SMARTS) is 1. The molecule has 0 radical (unpaired) electrons. The molecular weight excluding hydrogens is 441 g/mol. The van der Waals surface area contributed by atoms with E-state index in [4.69, 9.17) is 5.11 Å². The monoisotopic (exact) mass is 458 g/mol. The molecule has 0 aliphatic carbocycles. The highest BCUT2D eigenvalue weighted by atomic mass is 19.4. The first-order chi connectivity index (χ1) is 15.5. The van der Waals surface area contributed by atoms with Gasteiger partial charge in [0.25, 0.3) is 0 Å². The third kappa shape index (κ3) is 5.91. The van der Waals surface area contributed by atoms with E-state index in [0.717, 1.165) is 6.07 Å². The van der Waals surface area contributed by atoms with Crippen molar-refractivity contribution in [3.05, 3.63) is 71.8 Å². The maximum absolute atomic E-state index is 13.2. The van der Waals surface area contributed by atoms with Crippen LogP contribution in [0.5, 0.6) is 0 Å². The number of carbonyl (C=O) groups excluding carboxylic acids is 2. The molecule has 3 N–H and O–H groups in total. The molecule has 3 rings (SSSR count). The number of amides is 2. The maximum atomic E-state index is 13.2. The summed E-state index contributed by atoms with van der Waals surface area (Å²) in [5.74, 6) is -1.36. The van der Waals surface area contributed by atoms with Gasteiger partial charge in [0.15, 0.2) is 5.78 Å². The summed E-state index contributed by atoms with van der Waals surface area (Å²) in [7, 11) is 0. The van der Waals surface area contributed by atoms with Gasteiger partial charge in [-0.1, -0.05) is 18.2 Å². The highest BCUT2D eigenvalue weighted by molar-refractivity contribution is 6.12. The Morgan fingerprint density at radius 1 is 0.970 bits per heavy atom. The van der Waals surface area contributed by atoms with Crippen molar-refractivity contribution in [1.82, 2.24) is 9.97 Å². The van der Waals surface area contributed by atoms with Gasteiger partial charge in [-0.05, 0) is 36.2 Å². The number of alkyl halides is 3. The van der Waals surface area contributed by atoms with Gasteiger partial charge in [0.2, 0.25) is 5.91 Å². The van der Waals surface area contributed by atoms with Crippen molar-refractivity contribution in [3.8, 4) is 11.1 Å². The normalized spacial score (nSPS) is 11.0. The van der Waals surface area contributed by atoms with Crippen LogP contribution in [0.4, 0.5) is 29.3 Å². The maximum Gasteiger partial charge on any atom is 0.416 e. The van der Waals surface area contributed by atoms with E-state index in [0.29, 0.717) is 17.2 Å². The van der Waals surface area contributed by atoms with E-state index in [1.54, 1.807) is 30.6 Å². The minimum Gasteiger partial charge on any atom is -0.465 e. The quantitative estimate of drug-likeness (QED) is 0.361. The Morgan fingerprint density at radius 2 is 1.64 bits per heavy atom. The molecule has 0 aliphatic rings. The fraction of sp³-hybridized carbons (Fsp3) is 0.136. The van der Waals surface area contributed by atoms with E-state index in [9.17, 15) is 27.6 Å². The van der Waals surface area contributed by atoms with Crippen molar-refractivity contribution in [2.45, 2.75) is 19.5 Å². The summed E-state index contributed by atoms with van der Waals surface area (Å²) in [6.45, 7) is 1.17. The number of benzene rings is 2. The number of ketones is 1. The summed E-state index contributed by atoms with van der Waals surface area (Å²) < 4.78 is 39.5. The molecule has 0 unspecified atom stereocenters. The molecule has 0 atom stereocenters. The predicted octanol–water partition coefficient (Wildman–Crippen LogP) is 4.77. The lowest BCUT2D eigenvalue weighted by Gasteiger charge is -2.16. The van der Waals surface area contributed by atoms with E-state index < -0.39 is 41.6 Å². The molecule has 2 aromatic carbocycles. The molecule has 0 spiro atoms. The van der Waals surface area contributed by atoms with Crippen molar-refractivity contribution in [2.24, 2.45) is 0 Å². The summed E-state index contributed by atoms with van der Waals surface area (Å²) in [4.78, 5) is 43.8. The molecule has 0 saturated heterocycles. The zero-order valence-electron chi connectivity index (χ0n) is 17.1. The Kier molecular flexibility index (Phi) is 6.71. The molecule has 0 aliphatic heterocycles. The Hall–Kier alpha value is -4.28. The Labute approximate surface area is 185 Å². The fourth-order valence-corrected chi connectivity index (χ4v) is 3.10. The molecule has 0 bridgehead atoms. The summed E-state index contributed by atoms with van der Waals surface area (Å²) in [6, 6.07) is 8.03. The van der Waals surface area contributed by atoms with E-state index in [2.05, 4.69) is 15.3 Å². The topological polar surface area (TPSA) is 121 Å². The third-order valence-electron chi connectivity index (χ3n) is 4.59. The molecule has 0 fully saturated rings. The fourth-order valence-electron chi connectivity index (χ4n) is 3.10. The van der Waals surface area contributed by atoms with Crippen molar-refractivity contribution >= 4 is 29.2 Å². The molecule has 33 heavy (non-hydrogen) atoms. The van der Waals surface area contributed by atoms with Gasteiger partial charge in [-0.2, -0.15) is 13.2 Å². The van der Waals surface area contributed by atoms with Gasteiger partial charge in [0, 0.05) is 23.5 Å². The largest absolute Gasteiger partial charge is 0.465 e. The van der Waals surface area contributed by atoms with Gasteiger partial charge in [0.1, 0.15) is 6.33 Å². The second-order valence-electron chi connectivity index (χ2n) is 7.00. The van der Waals surface area contributed by atoms with Gasteiger partial charge in [-0.25, -0.2) is 14.8 Å².